The van der Waals surface area contributed by atoms with Gasteiger partial charge in [0.05, 0.1) is 19.9 Å². The molecule has 2 N–H and O–H groups in total. The molecule has 1 aliphatic heterocycles. The number of ether oxygens (including phenoxy) is 2. The Kier molecular flexibility index (Phi) is 9.68. The number of anilines is 4. The van der Waals surface area contributed by atoms with Crippen LogP contribution in [0.15, 0.2) is 42.7 Å². The van der Waals surface area contributed by atoms with E-state index in [-0.39, 0.29) is 15.7 Å². The average Bonchev–Trinajstić information content (AvgIpc) is 2.95. The third-order valence-corrected chi connectivity index (χ3v) is 7.37. The highest BCUT2D eigenvalue weighted by molar-refractivity contribution is 6.41. The van der Waals surface area contributed by atoms with Crippen LogP contribution in [0.3, 0.4) is 0 Å². The summed E-state index contributed by atoms with van der Waals surface area (Å²) in [5, 5.41) is 6.35. The van der Waals surface area contributed by atoms with Gasteiger partial charge >= 0.3 is 6.03 Å². The van der Waals surface area contributed by atoms with Crippen LogP contribution in [0.4, 0.5) is 27.8 Å². The number of amides is 2. The molecule has 2 amide bonds. The lowest BCUT2D eigenvalue weighted by Crippen LogP contribution is -2.45. The molecule has 0 spiro atoms. The van der Waals surface area contributed by atoms with Crippen molar-refractivity contribution in [1.29, 1.82) is 0 Å². The smallest absolute Gasteiger partial charge is 0.327 e. The van der Waals surface area contributed by atoms with Gasteiger partial charge in [-0.2, -0.15) is 0 Å². The molecular weight excluding hydrogens is 541 g/mol. The van der Waals surface area contributed by atoms with Crippen LogP contribution in [-0.2, 0) is 6.54 Å². The first-order valence-electron chi connectivity index (χ1n) is 12.6. The fourth-order valence-corrected chi connectivity index (χ4v) is 4.90. The lowest BCUT2D eigenvalue weighted by molar-refractivity contribution is 0.132. The summed E-state index contributed by atoms with van der Waals surface area (Å²) in [7, 11) is 4.51. The Balaban J connectivity index is 1.44. The van der Waals surface area contributed by atoms with Gasteiger partial charge in [-0.25, -0.2) is 14.8 Å². The summed E-state index contributed by atoms with van der Waals surface area (Å²) in [6, 6.07) is 11.0. The number of carbonyl (C=O) groups excluding carboxylic acids is 1. The first-order chi connectivity index (χ1) is 18.8. The standard InChI is InChI=1S/C27H33Cl2N7O3/c1-5-35-9-11-36(12-10-35)16-18-7-6-8-19(13-18)32-22-15-23(31-17-30-22)34(2)27(37)33-26-24(28)20(38-3)14-21(39-4)25(26)29/h6-8,13-15,17H,5,9-12,16H2,1-4H3,(H,33,37)(H,30,31,32). The number of hydrogen-bond acceptors (Lipinski definition) is 8. The van der Waals surface area contributed by atoms with Gasteiger partial charge in [0.15, 0.2) is 0 Å². The van der Waals surface area contributed by atoms with Crippen LogP contribution >= 0.6 is 23.2 Å². The number of nitrogens with one attached hydrogen (secondary N) is 2. The fraction of sp³-hybridized carbons (Fsp3) is 0.370. The first-order valence-corrected chi connectivity index (χ1v) is 13.4. The number of rotatable bonds is 9. The van der Waals surface area contributed by atoms with Gasteiger partial charge in [-0.05, 0) is 24.2 Å². The molecule has 1 fully saturated rings. The van der Waals surface area contributed by atoms with Crippen molar-refractivity contribution in [3.05, 3.63) is 58.3 Å². The summed E-state index contributed by atoms with van der Waals surface area (Å²) in [5.74, 6) is 1.55. The van der Waals surface area contributed by atoms with Crippen LogP contribution in [0.25, 0.3) is 0 Å². The van der Waals surface area contributed by atoms with Crippen molar-refractivity contribution >= 4 is 52.2 Å². The van der Waals surface area contributed by atoms with Crippen molar-refractivity contribution in [3.8, 4) is 11.5 Å². The molecule has 2 aromatic carbocycles. The van der Waals surface area contributed by atoms with Crippen molar-refractivity contribution in [2.45, 2.75) is 13.5 Å². The minimum absolute atomic E-state index is 0.155. The number of likely N-dealkylation sites (N-methyl/N-ethyl adjacent to an activating group) is 1. The maximum atomic E-state index is 13.1. The Bertz CT molecular complexity index is 1270. The second-order valence-electron chi connectivity index (χ2n) is 9.07. The SMILES string of the molecule is CCN1CCN(Cc2cccc(Nc3cc(N(C)C(=O)Nc4c(Cl)c(OC)cc(OC)c4Cl)ncn3)c2)CC1. The van der Waals surface area contributed by atoms with E-state index in [0.717, 1.165) is 45.0 Å². The van der Waals surface area contributed by atoms with Gasteiger partial charge in [-0.15, -0.1) is 0 Å². The zero-order valence-electron chi connectivity index (χ0n) is 22.5. The summed E-state index contributed by atoms with van der Waals surface area (Å²) in [6.07, 6.45) is 1.40. The largest absolute Gasteiger partial charge is 0.495 e. The Morgan fingerprint density at radius 3 is 2.31 bits per heavy atom. The third kappa shape index (κ3) is 7.02. The monoisotopic (exact) mass is 573 g/mol. The fourth-order valence-electron chi connectivity index (χ4n) is 4.31. The van der Waals surface area contributed by atoms with E-state index in [1.54, 1.807) is 19.2 Å². The van der Waals surface area contributed by atoms with Gasteiger partial charge < -0.3 is 25.0 Å². The first kappa shape index (κ1) is 28.7. The van der Waals surface area contributed by atoms with Gasteiger partial charge in [0.2, 0.25) is 0 Å². The normalized spacial score (nSPS) is 14.1. The molecule has 0 saturated carbocycles. The molecule has 10 nitrogen and oxygen atoms in total. The summed E-state index contributed by atoms with van der Waals surface area (Å²) in [4.78, 5) is 27.9. The highest BCUT2D eigenvalue weighted by Crippen LogP contribution is 2.44. The predicted molar refractivity (Wildman–Crippen MR) is 156 cm³/mol. The van der Waals surface area contributed by atoms with Gasteiger partial charge in [-0.3, -0.25) is 9.80 Å². The van der Waals surface area contributed by atoms with Crippen LogP contribution in [0.2, 0.25) is 10.0 Å². The lowest BCUT2D eigenvalue weighted by Gasteiger charge is -2.34. The number of benzene rings is 2. The molecule has 0 unspecified atom stereocenters. The van der Waals surface area contributed by atoms with E-state index < -0.39 is 6.03 Å². The number of carbonyl (C=O) groups is 1. The van der Waals surface area contributed by atoms with Crippen LogP contribution in [-0.4, -0.2) is 79.8 Å². The molecule has 1 saturated heterocycles. The summed E-state index contributed by atoms with van der Waals surface area (Å²) >= 11 is 12.8. The molecule has 1 aromatic heterocycles. The zero-order valence-corrected chi connectivity index (χ0v) is 24.0. The van der Waals surface area contributed by atoms with Crippen molar-refractivity contribution in [2.24, 2.45) is 0 Å². The highest BCUT2D eigenvalue weighted by Gasteiger charge is 2.22. The maximum Gasteiger partial charge on any atom is 0.327 e. The minimum atomic E-state index is -0.510. The Morgan fingerprint density at radius 1 is 1.00 bits per heavy atom. The molecule has 12 heteroatoms. The van der Waals surface area contributed by atoms with Crippen LogP contribution in [0, 0.1) is 0 Å². The van der Waals surface area contributed by atoms with Gasteiger partial charge in [0.25, 0.3) is 0 Å². The van der Waals surface area contributed by atoms with E-state index in [1.807, 2.05) is 12.1 Å². The van der Waals surface area contributed by atoms with Gasteiger partial charge in [0.1, 0.15) is 39.5 Å². The van der Waals surface area contributed by atoms with E-state index in [0.29, 0.717) is 23.1 Å². The van der Waals surface area contributed by atoms with Crippen molar-refractivity contribution in [3.63, 3.8) is 0 Å². The maximum absolute atomic E-state index is 13.1. The average molecular weight is 575 g/mol. The topological polar surface area (TPSA) is 95.1 Å². The quantitative estimate of drug-likeness (QED) is 0.353. The lowest BCUT2D eigenvalue weighted by atomic mass is 10.1. The number of halogens is 2. The number of aromatic nitrogens is 2. The number of hydrogen-bond donors (Lipinski definition) is 2. The molecule has 1 aliphatic rings. The van der Waals surface area contributed by atoms with Crippen molar-refractivity contribution < 1.29 is 14.3 Å². The molecule has 0 atom stereocenters. The minimum Gasteiger partial charge on any atom is -0.495 e. The Hall–Kier alpha value is -3.31. The van der Waals surface area contributed by atoms with Gasteiger partial charge in [0, 0.05) is 57.6 Å². The molecule has 0 bridgehead atoms. The molecule has 39 heavy (non-hydrogen) atoms. The zero-order chi connectivity index (χ0) is 27.9. The van der Waals surface area contributed by atoms with Crippen LogP contribution in [0.1, 0.15) is 12.5 Å². The van der Waals surface area contributed by atoms with Crippen molar-refractivity contribution in [1.82, 2.24) is 19.8 Å². The molecular formula is C27H33Cl2N7O3. The second-order valence-corrected chi connectivity index (χ2v) is 9.83. The van der Waals surface area contributed by atoms with Crippen LogP contribution in [0.5, 0.6) is 11.5 Å². The van der Waals surface area contributed by atoms with E-state index in [4.69, 9.17) is 32.7 Å². The molecule has 4 rings (SSSR count). The van der Waals surface area contributed by atoms with Gasteiger partial charge in [-0.1, -0.05) is 42.3 Å². The Labute approximate surface area is 238 Å². The molecule has 0 aliphatic carbocycles. The Morgan fingerprint density at radius 2 is 1.67 bits per heavy atom. The summed E-state index contributed by atoms with van der Waals surface area (Å²) in [5.41, 5.74) is 2.29. The van der Waals surface area contributed by atoms with Crippen molar-refractivity contribution in [2.75, 3.05) is 69.5 Å². The second kappa shape index (κ2) is 13.2. The summed E-state index contributed by atoms with van der Waals surface area (Å²) in [6.45, 7) is 8.53. The predicted octanol–water partition coefficient (Wildman–Crippen LogP) is 5.35. The highest BCUT2D eigenvalue weighted by atomic mass is 35.5. The number of urea groups is 1. The number of methoxy groups -OCH3 is 2. The van der Waals surface area contributed by atoms with E-state index in [1.165, 1.54) is 31.0 Å². The van der Waals surface area contributed by atoms with E-state index in [2.05, 4.69) is 49.5 Å². The third-order valence-electron chi connectivity index (χ3n) is 6.62. The molecule has 3 aromatic rings. The molecule has 2 heterocycles. The number of nitrogens with zero attached hydrogens (tertiary/aromatic N) is 5. The molecule has 208 valence electrons. The summed E-state index contributed by atoms with van der Waals surface area (Å²) < 4.78 is 10.5. The molecule has 0 radical (unpaired) electrons. The number of piperazine rings is 1. The van der Waals surface area contributed by atoms with Crippen LogP contribution < -0.4 is 25.0 Å². The van der Waals surface area contributed by atoms with E-state index in [9.17, 15) is 4.79 Å². The van der Waals surface area contributed by atoms with E-state index >= 15 is 0 Å².